The molecule has 0 spiro atoms. The van der Waals surface area contributed by atoms with E-state index in [-0.39, 0.29) is 37.9 Å². The molecular weight excluding hydrogens is 400 g/mol. The Labute approximate surface area is 152 Å². The predicted molar refractivity (Wildman–Crippen MR) is 83.8 cm³/mol. The minimum absolute atomic E-state index is 0. The van der Waals surface area contributed by atoms with Crippen molar-refractivity contribution >= 4 is 24.8 Å². The lowest BCUT2D eigenvalue weighted by molar-refractivity contribution is -0.153. The summed E-state index contributed by atoms with van der Waals surface area (Å²) in [6.45, 7) is 0.910. The van der Waals surface area contributed by atoms with Gasteiger partial charge in [0.1, 0.15) is 5.82 Å². The van der Waals surface area contributed by atoms with Crippen molar-refractivity contribution < 1.29 is 30.7 Å². The molecule has 1 fully saturated rings. The predicted octanol–water partition coefficient (Wildman–Crippen LogP) is 4.59. The van der Waals surface area contributed by atoms with Crippen molar-refractivity contribution in [2.75, 3.05) is 26.2 Å². The monoisotopic (exact) mass is 416 g/mol. The van der Waals surface area contributed by atoms with Gasteiger partial charge < -0.3 is 5.32 Å². The molecule has 0 aliphatic carbocycles. The molecule has 0 radical (unpaired) electrons. The van der Waals surface area contributed by atoms with Crippen LogP contribution in [0.1, 0.15) is 23.6 Å². The third kappa shape index (κ3) is 6.47. The fourth-order valence-electron chi connectivity index (χ4n) is 2.75. The maximum atomic E-state index is 14.1. The maximum Gasteiger partial charge on any atom is 0.416 e. The molecule has 0 saturated carbocycles. The smallest absolute Gasteiger partial charge is 0.314 e. The zero-order valence-electron chi connectivity index (χ0n) is 12.8. The summed E-state index contributed by atoms with van der Waals surface area (Å²) in [6.07, 6.45) is -11.2. The summed E-state index contributed by atoms with van der Waals surface area (Å²) in [5, 5.41) is 2.90. The number of rotatable bonds is 3. The highest BCUT2D eigenvalue weighted by molar-refractivity contribution is 5.85. The van der Waals surface area contributed by atoms with E-state index in [1.807, 2.05) is 0 Å². The van der Waals surface area contributed by atoms with Gasteiger partial charge in [0, 0.05) is 37.8 Å². The lowest BCUT2D eigenvalue weighted by atomic mass is 9.94. The van der Waals surface area contributed by atoms with E-state index in [9.17, 15) is 30.7 Å². The second-order valence-electron chi connectivity index (χ2n) is 5.32. The molecule has 1 saturated heterocycles. The number of alkyl halides is 6. The Morgan fingerprint density at radius 3 is 2.04 bits per heavy atom. The maximum absolute atomic E-state index is 14.1. The van der Waals surface area contributed by atoms with Crippen LogP contribution in [0.2, 0.25) is 0 Å². The SMILES string of the molecule is Cl.Cl.Fc1cccc(C(F)(F)F)c1[C@@H](CC(F)(F)F)N1CCNCC1. The first-order valence-corrected chi connectivity index (χ1v) is 6.97. The summed E-state index contributed by atoms with van der Waals surface area (Å²) >= 11 is 0. The average Bonchev–Trinajstić information content (AvgIpc) is 2.44. The Kier molecular flexibility index (Phi) is 8.96. The van der Waals surface area contributed by atoms with Gasteiger partial charge in [-0.25, -0.2) is 4.39 Å². The number of hydrogen-bond acceptors (Lipinski definition) is 2. The number of benzene rings is 1. The zero-order valence-corrected chi connectivity index (χ0v) is 14.4. The minimum atomic E-state index is -4.92. The van der Waals surface area contributed by atoms with E-state index in [1.165, 1.54) is 4.90 Å². The second kappa shape index (κ2) is 9.25. The standard InChI is InChI=1S/C14H15F7N2.2ClH/c15-10-3-1-2-9(14(19,20)21)12(10)11(8-13(16,17)18)23-6-4-22-5-7-23;;/h1-3,11,22H,4-8H2;2*1H/t11-;;/m1../s1. The topological polar surface area (TPSA) is 15.3 Å². The largest absolute Gasteiger partial charge is 0.416 e. The van der Waals surface area contributed by atoms with Crippen molar-refractivity contribution in [1.82, 2.24) is 10.2 Å². The Balaban J connectivity index is 0.00000288. The van der Waals surface area contributed by atoms with Crippen LogP contribution in [0.25, 0.3) is 0 Å². The van der Waals surface area contributed by atoms with Crippen molar-refractivity contribution in [3.05, 3.63) is 35.1 Å². The lowest BCUT2D eigenvalue weighted by Gasteiger charge is -2.36. The van der Waals surface area contributed by atoms with Crippen molar-refractivity contribution in [3.8, 4) is 0 Å². The van der Waals surface area contributed by atoms with Crippen molar-refractivity contribution in [2.45, 2.75) is 24.8 Å². The van der Waals surface area contributed by atoms with E-state index >= 15 is 0 Å². The summed E-state index contributed by atoms with van der Waals surface area (Å²) < 4.78 is 92.0. The molecular formula is C14H17Cl2F7N2. The van der Waals surface area contributed by atoms with Gasteiger partial charge in [-0.15, -0.1) is 24.8 Å². The van der Waals surface area contributed by atoms with Crippen molar-refractivity contribution in [1.29, 1.82) is 0 Å². The fourth-order valence-corrected chi connectivity index (χ4v) is 2.75. The van der Waals surface area contributed by atoms with E-state index in [1.54, 1.807) is 0 Å². The van der Waals surface area contributed by atoms with Gasteiger partial charge in [-0.1, -0.05) is 6.07 Å². The number of hydrogen-bond donors (Lipinski definition) is 1. The van der Waals surface area contributed by atoms with E-state index in [2.05, 4.69) is 5.32 Å². The number of piperazine rings is 1. The highest BCUT2D eigenvalue weighted by atomic mass is 35.5. The van der Waals surface area contributed by atoms with Gasteiger partial charge in [0.05, 0.1) is 12.0 Å². The van der Waals surface area contributed by atoms with Gasteiger partial charge in [0.2, 0.25) is 0 Å². The van der Waals surface area contributed by atoms with Crippen molar-refractivity contribution in [3.63, 3.8) is 0 Å². The summed E-state index contributed by atoms with van der Waals surface area (Å²) in [5.74, 6) is -1.27. The van der Waals surface area contributed by atoms with Crippen LogP contribution in [0.4, 0.5) is 30.7 Å². The van der Waals surface area contributed by atoms with Crippen LogP contribution in [-0.2, 0) is 6.18 Å². The normalized spacial score (nSPS) is 17.4. The molecule has 1 aliphatic heterocycles. The third-order valence-electron chi connectivity index (χ3n) is 3.71. The molecule has 2 nitrogen and oxygen atoms in total. The minimum Gasteiger partial charge on any atom is -0.314 e. The Morgan fingerprint density at radius 2 is 1.56 bits per heavy atom. The van der Waals surface area contributed by atoms with E-state index in [4.69, 9.17) is 0 Å². The zero-order chi connectivity index (χ0) is 17.3. The number of nitrogens with one attached hydrogen (secondary N) is 1. The first kappa shape index (κ1) is 24.2. The van der Waals surface area contributed by atoms with E-state index in [0.29, 0.717) is 19.2 Å². The van der Waals surface area contributed by atoms with Crippen LogP contribution in [-0.4, -0.2) is 37.3 Å². The van der Waals surface area contributed by atoms with Crippen LogP contribution < -0.4 is 5.32 Å². The Hall–Kier alpha value is -0.770. The number of nitrogens with zero attached hydrogens (tertiary/aromatic N) is 1. The highest BCUT2D eigenvalue weighted by Gasteiger charge is 2.42. The first-order valence-electron chi connectivity index (χ1n) is 6.97. The molecule has 1 N–H and O–H groups in total. The van der Waals surface area contributed by atoms with Gasteiger partial charge in [-0.2, -0.15) is 26.3 Å². The first-order chi connectivity index (χ1) is 10.6. The molecule has 146 valence electrons. The van der Waals surface area contributed by atoms with Gasteiger partial charge >= 0.3 is 12.4 Å². The molecule has 1 atom stereocenters. The Bertz CT molecular complexity index is 543. The van der Waals surface area contributed by atoms with Crippen LogP contribution >= 0.6 is 24.8 Å². The molecule has 0 unspecified atom stereocenters. The van der Waals surface area contributed by atoms with Crippen LogP contribution in [0.3, 0.4) is 0 Å². The number of halogens is 9. The van der Waals surface area contributed by atoms with Gasteiger partial charge in [0.15, 0.2) is 0 Å². The van der Waals surface area contributed by atoms with Gasteiger partial charge in [0.25, 0.3) is 0 Å². The average molecular weight is 417 g/mol. The molecule has 1 aromatic carbocycles. The molecule has 2 rings (SSSR count). The lowest BCUT2D eigenvalue weighted by Crippen LogP contribution is -2.46. The van der Waals surface area contributed by atoms with Gasteiger partial charge in [-0.05, 0) is 12.1 Å². The Morgan fingerprint density at radius 1 is 1.00 bits per heavy atom. The quantitative estimate of drug-likeness (QED) is 0.725. The molecule has 11 heteroatoms. The van der Waals surface area contributed by atoms with Crippen LogP contribution in [0, 0.1) is 5.82 Å². The molecule has 25 heavy (non-hydrogen) atoms. The molecule has 1 aromatic rings. The van der Waals surface area contributed by atoms with E-state index < -0.39 is 41.8 Å². The summed E-state index contributed by atoms with van der Waals surface area (Å²) in [7, 11) is 0. The summed E-state index contributed by atoms with van der Waals surface area (Å²) in [5.41, 5.74) is -2.29. The van der Waals surface area contributed by atoms with Crippen LogP contribution in [0.5, 0.6) is 0 Å². The second-order valence-corrected chi connectivity index (χ2v) is 5.32. The summed E-state index contributed by atoms with van der Waals surface area (Å²) in [4.78, 5) is 1.25. The molecule has 0 bridgehead atoms. The van der Waals surface area contributed by atoms with Crippen molar-refractivity contribution in [2.24, 2.45) is 0 Å². The van der Waals surface area contributed by atoms with Gasteiger partial charge in [-0.3, -0.25) is 4.90 Å². The highest BCUT2D eigenvalue weighted by Crippen LogP contribution is 2.41. The molecule has 0 aromatic heterocycles. The van der Waals surface area contributed by atoms with Crippen LogP contribution in [0.15, 0.2) is 18.2 Å². The fraction of sp³-hybridized carbons (Fsp3) is 0.571. The molecule has 1 heterocycles. The molecule has 0 amide bonds. The molecule has 1 aliphatic rings. The summed E-state index contributed by atoms with van der Waals surface area (Å²) in [6, 6.07) is 0.527. The third-order valence-corrected chi connectivity index (χ3v) is 3.71. The van der Waals surface area contributed by atoms with E-state index in [0.717, 1.165) is 12.1 Å².